The number of carbonyl (C=O) groups is 2. The molecule has 0 saturated carbocycles. The van der Waals surface area contributed by atoms with Gasteiger partial charge in [0, 0.05) is 4.90 Å². The maximum atomic E-state index is 12.4. The first-order chi connectivity index (χ1) is 12.1. The van der Waals surface area contributed by atoms with Crippen LogP contribution in [-0.4, -0.2) is 32.6 Å². The van der Waals surface area contributed by atoms with Crippen LogP contribution in [0, 0.1) is 0 Å². The van der Waals surface area contributed by atoms with E-state index in [0.29, 0.717) is 5.69 Å². The molecule has 2 amide bonds. The van der Waals surface area contributed by atoms with Crippen molar-refractivity contribution in [3.63, 3.8) is 0 Å². The summed E-state index contributed by atoms with van der Waals surface area (Å²) in [5.74, 6) is -0.664. The van der Waals surface area contributed by atoms with Crippen molar-refractivity contribution < 1.29 is 9.59 Å². The van der Waals surface area contributed by atoms with Gasteiger partial charge in [-0.05, 0) is 24.3 Å². The average Bonchev–Trinajstić information content (AvgIpc) is 3.12. The molecule has 0 radical (unpaired) electrons. The molecule has 0 unspecified atom stereocenters. The van der Waals surface area contributed by atoms with Crippen molar-refractivity contribution in [2.24, 2.45) is 5.73 Å². The zero-order valence-corrected chi connectivity index (χ0v) is 13.9. The molecule has 1 aromatic heterocycles. The summed E-state index contributed by atoms with van der Waals surface area (Å²) in [4.78, 5) is 25.5. The minimum Gasteiger partial charge on any atom is -0.369 e. The van der Waals surface area contributed by atoms with Gasteiger partial charge >= 0.3 is 0 Å². The fourth-order valence-electron chi connectivity index (χ4n) is 2.08. The molecule has 0 aliphatic heterocycles. The summed E-state index contributed by atoms with van der Waals surface area (Å²) in [5.41, 5.74) is 6.72. The number of thioether (sulfide) groups is 1. The van der Waals surface area contributed by atoms with Crippen LogP contribution in [0.25, 0.3) is 5.69 Å². The monoisotopic (exact) mass is 353 g/mol. The number of primary amides is 1. The molecule has 0 atom stereocenters. The SMILES string of the molecule is NC(=O)CSc1ccccc1NC(=O)c1cnn(-c2ccccc2)n1. The van der Waals surface area contributed by atoms with Crippen molar-refractivity contribution in [1.29, 1.82) is 0 Å². The number of benzene rings is 2. The summed E-state index contributed by atoms with van der Waals surface area (Å²) in [6.45, 7) is 0. The summed E-state index contributed by atoms with van der Waals surface area (Å²) < 4.78 is 0. The van der Waals surface area contributed by atoms with E-state index in [2.05, 4.69) is 15.5 Å². The van der Waals surface area contributed by atoms with Crippen molar-refractivity contribution in [3.05, 3.63) is 66.5 Å². The molecule has 0 bridgehead atoms. The fraction of sp³-hybridized carbons (Fsp3) is 0.0588. The second-order valence-electron chi connectivity index (χ2n) is 5.06. The highest BCUT2D eigenvalue weighted by Crippen LogP contribution is 2.27. The highest BCUT2D eigenvalue weighted by Gasteiger charge is 2.14. The first-order valence-electron chi connectivity index (χ1n) is 7.43. The summed E-state index contributed by atoms with van der Waals surface area (Å²) in [7, 11) is 0. The van der Waals surface area contributed by atoms with Crippen molar-refractivity contribution in [1.82, 2.24) is 15.0 Å². The number of para-hydroxylation sites is 2. The lowest BCUT2D eigenvalue weighted by molar-refractivity contribution is -0.115. The Morgan fingerprint density at radius 1 is 1.08 bits per heavy atom. The average molecular weight is 353 g/mol. The number of amides is 2. The summed E-state index contributed by atoms with van der Waals surface area (Å²) in [6, 6.07) is 16.5. The van der Waals surface area contributed by atoms with Crippen LogP contribution >= 0.6 is 11.8 Å². The van der Waals surface area contributed by atoms with Crippen LogP contribution < -0.4 is 11.1 Å². The molecule has 0 fully saturated rings. The third-order valence-electron chi connectivity index (χ3n) is 3.22. The van der Waals surface area contributed by atoms with Crippen LogP contribution in [0.15, 0.2) is 65.7 Å². The number of nitrogens with one attached hydrogen (secondary N) is 1. The third-order valence-corrected chi connectivity index (χ3v) is 4.31. The van der Waals surface area contributed by atoms with Gasteiger partial charge in [0.15, 0.2) is 5.69 Å². The van der Waals surface area contributed by atoms with Gasteiger partial charge in [-0.15, -0.1) is 16.9 Å². The molecule has 0 aliphatic rings. The molecule has 0 aliphatic carbocycles. The normalized spacial score (nSPS) is 10.4. The van der Waals surface area contributed by atoms with Gasteiger partial charge in [-0.3, -0.25) is 9.59 Å². The minimum atomic E-state index is -0.420. The first-order valence-corrected chi connectivity index (χ1v) is 8.41. The number of rotatable bonds is 6. The zero-order chi connectivity index (χ0) is 17.6. The molecule has 1 heterocycles. The van der Waals surface area contributed by atoms with Crippen molar-refractivity contribution in [3.8, 4) is 5.69 Å². The quantitative estimate of drug-likeness (QED) is 0.661. The molecule has 3 N–H and O–H groups in total. The van der Waals surface area contributed by atoms with Gasteiger partial charge in [0.25, 0.3) is 5.91 Å². The number of carbonyl (C=O) groups excluding carboxylic acids is 2. The van der Waals surface area contributed by atoms with Gasteiger partial charge in [-0.25, -0.2) is 0 Å². The molecule has 8 heteroatoms. The van der Waals surface area contributed by atoms with E-state index >= 15 is 0 Å². The third kappa shape index (κ3) is 4.24. The van der Waals surface area contributed by atoms with Crippen LogP contribution in [0.3, 0.4) is 0 Å². The largest absolute Gasteiger partial charge is 0.369 e. The molecule has 0 spiro atoms. The second-order valence-corrected chi connectivity index (χ2v) is 6.08. The van der Waals surface area contributed by atoms with E-state index in [0.717, 1.165) is 10.6 Å². The van der Waals surface area contributed by atoms with Crippen LogP contribution in [0.2, 0.25) is 0 Å². The van der Waals surface area contributed by atoms with Gasteiger partial charge in [-0.2, -0.15) is 9.90 Å². The van der Waals surface area contributed by atoms with Gasteiger partial charge < -0.3 is 11.1 Å². The Hall–Kier alpha value is -3.13. The predicted octanol–water partition coefficient (Wildman–Crippen LogP) is 2.10. The first kappa shape index (κ1) is 16.7. The molecule has 7 nitrogen and oxygen atoms in total. The minimum absolute atomic E-state index is 0.136. The molecule has 25 heavy (non-hydrogen) atoms. The van der Waals surface area contributed by atoms with Crippen LogP contribution in [0.1, 0.15) is 10.5 Å². The molecular formula is C17H15N5O2S. The lowest BCUT2D eigenvalue weighted by Crippen LogP contribution is -2.15. The second kappa shape index (κ2) is 7.63. The van der Waals surface area contributed by atoms with E-state index in [1.54, 1.807) is 12.1 Å². The van der Waals surface area contributed by atoms with Gasteiger partial charge in [0.1, 0.15) is 0 Å². The maximum Gasteiger partial charge on any atom is 0.277 e. The number of aromatic nitrogens is 3. The Morgan fingerprint density at radius 3 is 2.56 bits per heavy atom. The van der Waals surface area contributed by atoms with Crippen LogP contribution in [0.5, 0.6) is 0 Å². The highest BCUT2D eigenvalue weighted by atomic mass is 32.2. The van der Waals surface area contributed by atoms with E-state index < -0.39 is 5.91 Å². The Kier molecular flexibility index (Phi) is 5.10. The highest BCUT2D eigenvalue weighted by molar-refractivity contribution is 8.00. The standard InChI is InChI=1S/C17H15N5O2S/c18-16(23)11-25-15-9-5-4-8-13(15)20-17(24)14-10-19-22(21-14)12-6-2-1-3-7-12/h1-10H,11H2,(H2,18,23)(H,20,24). The van der Waals surface area contributed by atoms with Crippen molar-refractivity contribution in [2.75, 3.05) is 11.1 Å². The molecule has 2 aromatic carbocycles. The van der Waals surface area contributed by atoms with Crippen molar-refractivity contribution in [2.45, 2.75) is 4.90 Å². The number of hydrogen-bond donors (Lipinski definition) is 2. The fourth-order valence-corrected chi connectivity index (χ4v) is 2.83. The molecular weight excluding hydrogens is 338 g/mol. The predicted molar refractivity (Wildman–Crippen MR) is 95.7 cm³/mol. The Bertz CT molecular complexity index is 895. The van der Waals surface area contributed by atoms with E-state index in [1.165, 1.54) is 22.8 Å². The lowest BCUT2D eigenvalue weighted by atomic mass is 10.3. The van der Waals surface area contributed by atoms with E-state index in [1.807, 2.05) is 42.5 Å². The smallest absolute Gasteiger partial charge is 0.277 e. The molecule has 3 aromatic rings. The molecule has 0 saturated heterocycles. The Balaban J connectivity index is 1.75. The molecule has 3 rings (SSSR count). The lowest BCUT2D eigenvalue weighted by Gasteiger charge is -2.08. The summed E-state index contributed by atoms with van der Waals surface area (Å²) in [6.07, 6.45) is 1.40. The topological polar surface area (TPSA) is 103 Å². The van der Waals surface area contributed by atoms with Crippen LogP contribution in [0.4, 0.5) is 5.69 Å². The van der Waals surface area contributed by atoms with E-state index in [-0.39, 0.29) is 17.4 Å². The van der Waals surface area contributed by atoms with Crippen LogP contribution in [-0.2, 0) is 4.79 Å². The number of nitrogens with two attached hydrogens (primary N) is 1. The Morgan fingerprint density at radius 2 is 1.80 bits per heavy atom. The van der Waals surface area contributed by atoms with Gasteiger partial charge in [0.05, 0.1) is 23.3 Å². The van der Waals surface area contributed by atoms with Gasteiger partial charge in [0.2, 0.25) is 5.91 Å². The Labute approximate surface area is 148 Å². The number of anilines is 1. The van der Waals surface area contributed by atoms with E-state index in [9.17, 15) is 9.59 Å². The summed E-state index contributed by atoms with van der Waals surface area (Å²) >= 11 is 1.26. The number of hydrogen-bond acceptors (Lipinski definition) is 5. The van der Waals surface area contributed by atoms with Crippen molar-refractivity contribution >= 4 is 29.3 Å². The molecule has 126 valence electrons. The summed E-state index contributed by atoms with van der Waals surface area (Å²) in [5, 5.41) is 11.1. The zero-order valence-electron chi connectivity index (χ0n) is 13.1. The van der Waals surface area contributed by atoms with E-state index in [4.69, 9.17) is 5.73 Å². The van der Waals surface area contributed by atoms with Gasteiger partial charge in [-0.1, -0.05) is 30.3 Å². The number of nitrogens with zero attached hydrogens (tertiary/aromatic N) is 3. The maximum absolute atomic E-state index is 12.4.